The highest BCUT2D eigenvalue weighted by Gasteiger charge is 2.40. The fourth-order valence-electron chi connectivity index (χ4n) is 1.28. The van der Waals surface area contributed by atoms with Gasteiger partial charge < -0.3 is 20.3 Å². The standard InChI is InChI=1S/C7H13NO4/c1-3-5(8-4(2)9)6(10)7(11)12-3/h3,5-7,10-11H,1-2H3,(H,8,9)/t3-,5+,6-,7-/m1/s1. The van der Waals surface area contributed by atoms with E-state index in [1.165, 1.54) is 6.92 Å². The monoisotopic (exact) mass is 175 g/mol. The summed E-state index contributed by atoms with van der Waals surface area (Å²) >= 11 is 0. The zero-order chi connectivity index (χ0) is 9.30. The third-order valence-corrected chi connectivity index (χ3v) is 1.89. The van der Waals surface area contributed by atoms with Crippen molar-refractivity contribution in [3.05, 3.63) is 0 Å². The van der Waals surface area contributed by atoms with Crippen LogP contribution in [-0.2, 0) is 9.53 Å². The van der Waals surface area contributed by atoms with Gasteiger partial charge in [0.1, 0.15) is 6.10 Å². The van der Waals surface area contributed by atoms with E-state index in [9.17, 15) is 9.90 Å². The van der Waals surface area contributed by atoms with Gasteiger partial charge in [-0.3, -0.25) is 4.79 Å². The molecule has 12 heavy (non-hydrogen) atoms. The van der Waals surface area contributed by atoms with E-state index >= 15 is 0 Å². The number of carbonyl (C=O) groups is 1. The average Bonchev–Trinajstić information content (AvgIpc) is 2.16. The first-order valence-electron chi connectivity index (χ1n) is 3.81. The Bertz CT molecular complexity index is 184. The number of carbonyl (C=O) groups excluding carboxylic acids is 1. The maximum absolute atomic E-state index is 10.6. The Morgan fingerprint density at radius 2 is 2.08 bits per heavy atom. The van der Waals surface area contributed by atoms with Gasteiger partial charge in [-0.1, -0.05) is 0 Å². The molecule has 0 radical (unpaired) electrons. The summed E-state index contributed by atoms with van der Waals surface area (Å²) in [5.74, 6) is -0.247. The fourth-order valence-corrected chi connectivity index (χ4v) is 1.28. The molecule has 0 aromatic carbocycles. The molecule has 1 saturated heterocycles. The van der Waals surface area contributed by atoms with Gasteiger partial charge in [0, 0.05) is 6.92 Å². The van der Waals surface area contributed by atoms with Crippen LogP contribution < -0.4 is 5.32 Å². The van der Waals surface area contributed by atoms with Crippen LogP contribution in [0.25, 0.3) is 0 Å². The van der Waals surface area contributed by atoms with Crippen LogP contribution in [0.2, 0.25) is 0 Å². The summed E-state index contributed by atoms with van der Waals surface area (Å²) in [4.78, 5) is 10.6. The van der Waals surface area contributed by atoms with Crippen LogP contribution in [0.3, 0.4) is 0 Å². The molecule has 1 amide bonds. The zero-order valence-electron chi connectivity index (χ0n) is 7.02. The van der Waals surface area contributed by atoms with Gasteiger partial charge >= 0.3 is 0 Å². The third-order valence-electron chi connectivity index (χ3n) is 1.89. The van der Waals surface area contributed by atoms with Crippen LogP contribution in [0.4, 0.5) is 0 Å². The molecular weight excluding hydrogens is 162 g/mol. The van der Waals surface area contributed by atoms with Gasteiger partial charge in [-0.25, -0.2) is 0 Å². The molecule has 1 fully saturated rings. The number of hydrogen-bond acceptors (Lipinski definition) is 4. The number of rotatable bonds is 1. The van der Waals surface area contributed by atoms with Crippen molar-refractivity contribution >= 4 is 5.91 Å². The number of ether oxygens (including phenoxy) is 1. The van der Waals surface area contributed by atoms with Crippen LogP contribution >= 0.6 is 0 Å². The maximum Gasteiger partial charge on any atom is 0.217 e. The van der Waals surface area contributed by atoms with Crippen molar-refractivity contribution in [2.24, 2.45) is 0 Å². The Kier molecular flexibility index (Phi) is 2.66. The molecule has 1 heterocycles. The SMILES string of the molecule is CC(=O)N[C@@H]1[C@@H](O)[C@H](O)O[C@@H]1C. The van der Waals surface area contributed by atoms with Gasteiger partial charge in [-0.15, -0.1) is 0 Å². The summed E-state index contributed by atoms with van der Waals surface area (Å²) in [5.41, 5.74) is 0. The molecule has 1 rings (SSSR count). The molecule has 0 aromatic rings. The van der Waals surface area contributed by atoms with E-state index in [2.05, 4.69) is 5.32 Å². The van der Waals surface area contributed by atoms with Gasteiger partial charge in [0.05, 0.1) is 12.1 Å². The molecule has 3 N–H and O–H groups in total. The molecule has 70 valence electrons. The van der Waals surface area contributed by atoms with Gasteiger partial charge in [0.25, 0.3) is 0 Å². The van der Waals surface area contributed by atoms with Crippen molar-refractivity contribution in [3.63, 3.8) is 0 Å². The van der Waals surface area contributed by atoms with E-state index in [1.54, 1.807) is 6.92 Å². The van der Waals surface area contributed by atoms with Crippen molar-refractivity contribution in [1.82, 2.24) is 5.32 Å². The average molecular weight is 175 g/mol. The van der Waals surface area contributed by atoms with E-state index < -0.39 is 18.4 Å². The predicted molar refractivity (Wildman–Crippen MR) is 40.2 cm³/mol. The molecule has 0 aromatic heterocycles. The minimum atomic E-state index is -1.20. The molecule has 1 aliphatic rings. The molecule has 0 bridgehead atoms. The van der Waals surface area contributed by atoms with Crippen LogP contribution in [-0.4, -0.2) is 40.7 Å². The Labute approximate surface area is 70.3 Å². The van der Waals surface area contributed by atoms with Crippen LogP contribution in [0, 0.1) is 0 Å². The summed E-state index contributed by atoms with van der Waals surface area (Å²) < 4.78 is 4.88. The highest BCUT2D eigenvalue weighted by molar-refractivity contribution is 5.73. The summed E-state index contributed by atoms with van der Waals surface area (Å²) in [6, 6.07) is -0.516. The molecule has 0 saturated carbocycles. The van der Waals surface area contributed by atoms with Gasteiger partial charge in [0.15, 0.2) is 6.29 Å². The second kappa shape index (κ2) is 3.38. The first-order chi connectivity index (χ1) is 5.52. The van der Waals surface area contributed by atoms with Crippen molar-refractivity contribution < 1.29 is 19.7 Å². The van der Waals surface area contributed by atoms with E-state index in [1.807, 2.05) is 0 Å². The normalized spacial score (nSPS) is 41.3. The molecule has 0 spiro atoms. The summed E-state index contributed by atoms with van der Waals surface area (Å²) in [6.45, 7) is 3.03. The van der Waals surface area contributed by atoms with E-state index in [-0.39, 0.29) is 12.0 Å². The lowest BCUT2D eigenvalue weighted by Gasteiger charge is -2.17. The Balaban J connectivity index is 2.57. The number of hydrogen-bond donors (Lipinski definition) is 3. The second-order valence-corrected chi connectivity index (χ2v) is 2.95. The Hall–Kier alpha value is -0.650. The molecule has 5 heteroatoms. The summed E-state index contributed by atoms with van der Waals surface area (Å²) in [5, 5.41) is 20.8. The predicted octanol–water partition coefficient (Wildman–Crippen LogP) is -1.41. The van der Waals surface area contributed by atoms with Gasteiger partial charge in [0.2, 0.25) is 5.91 Å². The topological polar surface area (TPSA) is 78.8 Å². The summed E-state index contributed by atoms with van der Waals surface area (Å²) in [7, 11) is 0. The van der Waals surface area contributed by atoms with Crippen molar-refractivity contribution in [3.8, 4) is 0 Å². The number of aliphatic hydroxyl groups is 2. The zero-order valence-corrected chi connectivity index (χ0v) is 7.02. The minimum Gasteiger partial charge on any atom is -0.386 e. The lowest BCUT2D eigenvalue weighted by Crippen LogP contribution is -2.46. The van der Waals surface area contributed by atoms with E-state index in [0.29, 0.717) is 0 Å². The van der Waals surface area contributed by atoms with Crippen LogP contribution in [0.1, 0.15) is 13.8 Å². The first kappa shape index (κ1) is 9.44. The van der Waals surface area contributed by atoms with Crippen LogP contribution in [0.15, 0.2) is 0 Å². The molecule has 5 nitrogen and oxygen atoms in total. The second-order valence-electron chi connectivity index (χ2n) is 2.95. The highest BCUT2D eigenvalue weighted by Crippen LogP contribution is 2.18. The fraction of sp³-hybridized carbons (Fsp3) is 0.857. The number of amides is 1. The molecule has 0 aliphatic carbocycles. The van der Waals surface area contributed by atoms with E-state index in [0.717, 1.165) is 0 Å². The van der Waals surface area contributed by atoms with Crippen molar-refractivity contribution in [2.45, 2.75) is 38.4 Å². The molecule has 0 unspecified atom stereocenters. The van der Waals surface area contributed by atoms with Crippen molar-refractivity contribution in [1.29, 1.82) is 0 Å². The lowest BCUT2D eigenvalue weighted by molar-refractivity contribution is -0.124. The lowest BCUT2D eigenvalue weighted by atomic mass is 10.1. The van der Waals surface area contributed by atoms with Crippen molar-refractivity contribution in [2.75, 3.05) is 0 Å². The quantitative estimate of drug-likeness (QED) is 0.457. The minimum absolute atomic E-state index is 0.247. The molecule has 1 aliphatic heterocycles. The molecule has 4 atom stereocenters. The Morgan fingerprint density at radius 1 is 1.50 bits per heavy atom. The van der Waals surface area contributed by atoms with Gasteiger partial charge in [-0.05, 0) is 6.92 Å². The largest absolute Gasteiger partial charge is 0.386 e. The molecular formula is C7H13NO4. The smallest absolute Gasteiger partial charge is 0.217 e. The number of aliphatic hydroxyl groups excluding tert-OH is 2. The van der Waals surface area contributed by atoms with Gasteiger partial charge in [-0.2, -0.15) is 0 Å². The first-order valence-corrected chi connectivity index (χ1v) is 3.81. The maximum atomic E-state index is 10.6. The Morgan fingerprint density at radius 3 is 2.42 bits per heavy atom. The number of nitrogens with one attached hydrogen (secondary N) is 1. The van der Waals surface area contributed by atoms with Crippen LogP contribution in [0.5, 0.6) is 0 Å². The summed E-state index contributed by atoms with van der Waals surface area (Å²) in [6.07, 6.45) is -2.60. The third kappa shape index (κ3) is 1.74. The van der Waals surface area contributed by atoms with E-state index in [4.69, 9.17) is 9.84 Å². The highest BCUT2D eigenvalue weighted by atomic mass is 16.6.